The zero-order valence-corrected chi connectivity index (χ0v) is 9.77. The van der Waals surface area contributed by atoms with Gasteiger partial charge in [-0.2, -0.15) is 0 Å². The van der Waals surface area contributed by atoms with Crippen LogP contribution in [0.2, 0.25) is 0 Å². The summed E-state index contributed by atoms with van der Waals surface area (Å²) >= 11 is 0. The first-order valence-electron chi connectivity index (χ1n) is 5.60. The third-order valence-corrected chi connectivity index (χ3v) is 2.64. The normalized spacial score (nSPS) is 12.4. The van der Waals surface area contributed by atoms with E-state index in [2.05, 4.69) is 19.2 Å². The lowest BCUT2D eigenvalue weighted by atomic mass is 10.1. The fourth-order valence-corrected chi connectivity index (χ4v) is 1.43. The summed E-state index contributed by atoms with van der Waals surface area (Å²) in [6, 6.07) is 7.31. The molecule has 0 aliphatic rings. The van der Waals surface area contributed by atoms with Crippen molar-refractivity contribution in [1.29, 1.82) is 0 Å². The van der Waals surface area contributed by atoms with E-state index in [0.29, 0.717) is 6.04 Å². The Morgan fingerprint density at radius 3 is 2.88 bits per heavy atom. The molecule has 1 unspecified atom stereocenters. The first kappa shape index (κ1) is 12.6. The van der Waals surface area contributed by atoms with Crippen LogP contribution in [0.5, 0.6) is 0 Å². The summed E-state index contributed by atoms with van der Waals surface area (Å²) in [4.78, 5) is 10.2. The van der Waals surface area contributed by atoms with Crippen LogP contribution in [-0.2, 0) is 6.42 Å². The molecule has 0 heterocycles. The second-order valence-corrected chi connectivity index (χ2v) is 3.94. The van der Waals surface area contributed by atoms with Crippen molar-refractivity contribution < 1.29 is 4.92 Å². The summed E-state index contributed by atoms with van der Waals surface area (Å²) in [7, 11) is 0. The van der Waals surface area contributed by atoms with Crippen molar-refractivity contribution in [3.8, 4) is 0 Å². The van der Waals surface area contributed by atoms with E-state index in [0.717, 1.165) is 24.9 Å². The Kier molecular flexibility index (Phi) is 4.92. The molecule has 88 valence electrons. The summed E-state index contributed by atoms with van der Waals surface area (Å²) in [6.07, 6.45) is 1.92. The van der Waals surface area contributed by atoms with Crippen LogP contribution in [0.25, 0.3) is 0 Å². The van der Waals surface area contributed by atoms with Gasteiger partial charge < -0.3 is 5.32 Å². The largest absolute Gasteiger partial charge is 0.314 e. The van der Waals surface area contributed by atoms with Crippen molar-refractivity contribution in [2.24, 2.45) is 0 Å². The zero-order valence-electron chi connectivity index (χ0n) is 9.77. The third kappa shape index (κ3) is 3.98. The van der Waals surface area contributed by atoms with Gasteiger partial charge in [0.2, 0.25) is 0 Å². The monoisotopic (exact) mass is 222 g/mol. The SMILES string of the molecule is CCC(C)NCCc1cccc([N+](=O)[O-])c1. The van der Waals surface area contributed by atoms with Gasteiger partial charge in [0.25, 0.3) is 5.69 Å². The quantitative estimate of drug-likeness (QED) is 0.594. The van der Waals surface area contributed by atoms with Gasteiger partial charge in [-0.05, 0) is 31.9 Å². The number of hydrogen-bond acceptors (Lipinski definition) is 3. The first-order chi connectivity index (χ1) is 7.63. The molecular weight excluding hydrogens is 204 g/mol. The number of benzene rings is 1. The van der Waals surface area contributed by atoms with Crippen molar-refractivity contribution >= 4 is 5.69 Å². The number of nitrogens with zero attached hydrogens (tertiary/aromatic N) is 1. The maximum atomic E-state index is 10.6. The minimum Gasteiger partial charge on any atom is -0.314 e. The zero-order chi connectivity index (χ0) is 12.0. The molecule has 1 rings (SSSR count). The standard InChI is InChI=1S/C12H18N2O2/c1-3-10(2)13-8-7-11-5-4-6-12(9-11)14(15)16/h4-6,9-10,13H,3,7-8H2,1-2H3. The highest BCUT2D eigenvalue weighted by atomic mass is 16.6. The van der Waals surface area contributed by atoms with Gasteiger partial charge in [0.15, 0.2) is 0 Å². The minimum atomic E-state index is -0.356. The van der Waals surface area contributed by atoms with Crippen LogP contribution in [0.15, 0.2) is 24.3 Å². The lowest BCUT2D eigenvalue weighted by molar-refractivity contribution is -0.384. The van der Waals surface area contributed by atoms with Crippen molar-refractivity contribution in [2.45, 2.75) is 32.7 Å². The van der Waals surface area contributed by atoms with Gasteiger partial charge in [0.1, 0.15) is 0 Å². The van der Waals surface area contributed by atoms with Crippen LogP contribution < -0.4 is 5.32 Å². The van der Waals surface area contributed by atoms with Crippen LogP contribution in [0.4, 0.5) is 5.69 Å². The molecule has 0 fully saturated rings. The molecule has 4 heteroatoms. The molecule has 0 amide bonds. The van der Waals surface area contributed by atoms with Crippen molar-refractivity contribution in [3.63, 3.8) is 0 Å². The highest BCUT2D eigenvalue weighted by Crippen LogP contribution is 2.13. The molecule has 0 aliphatic heterocycles. The molecule has 0 aromatic heterocycles. The van der Waals surface area contributed by atoms with Gasteiger partial charge in [0, 0.05) is 18.2 Å². The molecule has 1 N–H and O–H groups in total. The van der Waals surface area contributed by atoms with E-state index in [9.17, 15) is 10.1 Å². The van der Waals surface area contributed by atoms with Gasteiger partial charge in [-0.15, -0.1) is 0 Å². The molecule has 0 saturated carbocycles. The predicted molar refractivity (Wildman–Crippen MR) is 64.6 cm³/mol. The highest BCUT2D eigenvalue weighted by Gasteiger charge is 2.05. The van der Waals surface area contributed by atoms with Gasteiger partial charge in [-0.3, -0.25) is 10.1 Å². The summed E-state index contributed by atoms with van der Waals surface area (Å²) < 4.78 is 0. The molecule has 0 bridgehead atoms. The Labute approximate surface area is 95.8 Å². The number of rotatable bonds is 6. The number of nitrogens with one attached hydrogen (secondary N) is 1. The van der Waals surface area contributed by atoms with Crippen LogP contribution in [0.3, 0.4) is 0 Å². The van der Waals surface area contributed by atoms with E-state index < -0.39 is 0 Å². The molecule has 0 aliphatic carbocycles. The Bertz CT molecular complexity index is 353. The lowest BCUT2D eigenvalue weighted by Gasteiger charge is -2.10. The van der Waals surface area contributed by atoms with Crippen LogP contribution in [0, 0.1) is 10.1 Å². The molecule has 1 aromatic rings. The van der Waals surface area contributed by atoms with Crippen LogP contribution >= 0.6 is 0 Å². The third-order valence-electron chi connectivity index (χ3n) is 2.64. The fourth-order valence-electron chi connectivity index (χ4n) is 1.43. The predicted octanol–water partition coefficient (Wildman–Crippen LogP) is 2.53. The van der Waals surface area contributed by atoms with Crippen LogP contribution in [0.1, 0.15) is 25.8 Å². The highest BCUT2D eigenvalue weighted by molar-refractivity contribution is 5.34. The second-order valence-electron chi connectivity index (χ2n) is 3.94. The van der Waals surface area contributed by atoms with E-state index in [1.807, 2.05) is 6.07 Å². The number of non-ortho nitro benzene ring substituents is 1. The Balaban J connectivity index is 2.48. The smallest absolute Gasteiger partial charge is 0.269 e. The fraction of sp³-hybridized carbons (Fsp3) is 0.500. The Morgan fingerprint density at radius 1 is 1.50 bits per heavy atom. The molecule has 0 radical (unpaired) electrons. The number of nitro groups is 1. The molecule has 16 heavy (non-hydrogen) atoms. The van der Waals surface area contributed by atoms with Gasteiger partial charge >= 0.3 is 0 Å². The van der Waals surface area contributed by atoms with E-state index >= 15 is 0 Å². The molecule has 4 nitrogen and oxygen atoms in total. The average Bonchev–Trinajstić information content (AvgIpc) is 2.29. The summed E-state index contributed by atoms with van der Waals surface area (Å²) in [5.74, 6) is 0. The summed E-state index contributed by atoms with van der Waals surface area (Å²) in [5, 5.41) is 13.9. The maximum Gasteiger partial charge on any atom is 0.269 e. The topological polar surface area (TPSA) is 55.2 Å². The van der Waals surface area contributed by atoms with Crippen molar-refractivity contribution in [1.82, 2.24) is 5.32 Å². The number of hydrogen-bond donors (Lipinski definition) is 1. The number of nitro benzene ring substituents is 1. The maximum absolute atomic E-state index is 10.6. The Morgan fingerprint density at radius 2 is 2.25 bits per heavy atom. The van der Waals surface area contributed by atoms with Crippen molar-refractivity contribution in [3.05, 3.63) is 39.9 Å². The minimum absolute atomic E-state index is 0.168. The van der Waals surface area contributed by atoms with Gasteiger partial charge in [0.05, 0.1) is 4.92 Å². The second kappa shape index (κ2) is 6.23. The molecule has 1 atom stereocenters. The van der Waals surface area contributed by atoms with E-state index in [1.54, 1.807) is 12.1 Å². The average molecular weight is 222 g/mol. The van der Waals surface area contributed by atoms with Crippen molar-refractivity contribution in [2.75, 3.05) is 6.54 Å². The molecule has 0 spiro atoms. The van der Waals surface area contributed by atoms with E-state index in [1.165, 1.54) is 6.07 Å². The molecule has 1 aromatic carbocycles. The molecular formula is C12H18N2O2. The molecule has 0 saturated heterocycles. The van der Waals surface area contributed by atoms with E-state index in [-0.39, 0.29) is 10.6 Å². The van der Waals surface area contributed by atoms with Gasteiger partial charge in [-0.1, -0.05) is 19.1 Å². The van der Waals surface area contributed by atoms with E-state index in [4.69, 9.17) is 0 Å². The first-order valence-corrected chi connectivity index (χ1v) is 5.60. The van der Waals surface area contributed by atoms with Gasteiger partial charge in [-0.25, -0.2) is 0 Å². The summed E-state index contributed by atoms with van der Waals surface area (Å²) in [6.45, 7) is 5.12. The lowest BCUT2D eigenvalue weighted by Crippen LogP contribution is -2.27. The Hall–Kier alpha value is -1.42. The van der Waals surface area contributed by atoms with Crippen LogP contribution in [-0.4, -0.2) is 17.5 Å². The summed E-state index contributed by atoms with van der Waals surface area (Å²) in [5.41, 5.74) is 1.17.